The number of anilines is 1. The van der Waals surface area contributed by atoms with Crippen LogP contribution < -0.4 is 10.2 Å². The van der Waals surface area contributed by atoms with Crippen LogP contribution in [0.15, 0.2) is 59.6 Å². The molecular formula is C20H16N4O4S. The molecular weight excluding hydrogens is 392 g/mol. The second-order valence-electron chi connectivity index (χ2n) is 5.91. The van der Waals surface area contributed by atoms with E-state index in [1.54, 1.807) is 30.5 Å². The molecule has 2 amide bonds. The van der Waals surface area contributed by atoms with Crippen molar-refractivity contribution in [2.24, 2.45) is 4.99 Å². The van der Waals surface area contributed by atoms with Crippen molar-refractivity contribution in [3.8, 4) is 6.19 Å². The monoisotopic (exact) mass is 408 g/mol. The summed E-state index contributed by atoms with van der Waals surface area (Å²) in [5.41, 5.74) is 1.30. The summed E-state index contributed by atoms with van der Waals surface area (Å²) in [5.74, 6) is -1.28. The average Bonchev–Trinajstić information content (AvgIpc) is 3.01. The largest absolute Gasteiger partial charge is 0.465 e. The van der Waals surface area contributed by atoms with Crippen LogP contribution in [0.4, 0.5) is 11.4 Å². The summed E-state index contributed by atoms with van der Waals surface area (Å²) >= 11 is 1.02. The number of ether oxygens (including phenoxy) is 1. The van der Waals surface area contributed by atoms with Gasteiger partial charge in [0.05, 0.1) is 24.0 Å². The van der Waals surface area contributed by atoms with E-state index >= 15 is 0 Å². The Kier molecular flexibility index (Phi) is 6.26. The van der Waals surface area contributed by atoms with Crippen molar-refractivity contribution in [2.75, 3.05) is 12.0 Å². The Balaban J connectivity index is 1.78. The van der Waals surface area contributed by atoms with E-state index in [1.807, 2.05) is 6.07 Å². The Labute approximate surface area is 171 Å². The van der Waals surface area contributed by atoms with E-state index in [2.05, 4.69) is 15.0 Å². The van der Waals surface area contributed by atoms with Crippen LogP contribution in [0.1, 0.15) is 16.8 Å². The molecule has 1 atom stereocenters. The molecule has 146 valence electrons. The Bertz CT molecular complexity index is 999. The minimum absolute atomic E-state index is 0.0246. The number of methoxy groups -OCH3 is 1. The first-order chi connectivity index (χ1) is 14.0. The first-order valence-electron chi connectivity index (χ1n) is 8.54. The molecule has 0 radical (unpaired) electrons. The number of amides is 2. The van der Waals surface area contributed by atoms with E-state index in [0.717, 1.165) is 16.7 Å². The summed E-state index contributed by atoms with van der Waals surface area (Å²) in [6.07, 6.45) is 1.77. The number of benzene rings is 2. The molecule has 1 aliphatic rings. The fourth-order valence-corrected chi connectivity index (χ4v) is 3.68. The smallest absolute Gasteiger partial charge is 0.337 e. The van der Waals surface area contributed by atoms with Crippen LogP contribution in [0.2, 0.25) is 0 Å². The number of imide groups is 1. The van der Waals surface area contributed by atoms with E-state index < -0.39 is 17.1 Å². The molecule has 9 heteroatoms. The molecule has 1 saturated heterocycles. The third-order valence-corrected chi connectivity index (χ3v) is 5.12. The average molecular weight is 408 g/mol. The van der Waals surface area contributed by atoms with E-state index in [0.29, 0.717) is 16.9 Å². The number of aliphatic imine (C=N–C) groups is 1. The number of carbonyl (C=O) groups is 3. The Morgan fingerprint density at radius 2 is 1.90 bits per heavy atom. The highest BCUT2D eigenvalue weighted by atomic mass is 32.2. The summed E-state index contributed by atoms with van der Waals surface area (Å²) in [6, 6.07) is 15.0. The Morgan fingerprint density at radius 1 is 1.21 bits per heavy atom. The molecule has 2 aromatic carbocycles. The van der Waals surface area contributed by atoms with E-state index in [9.17, 15) is 14.4 Å². The molecule has 0 aliphatic carbocycles. The number of para-hydroxylation sites is 1. The van der Waals surface area contributed by atoms with Gasteiger partial charge in [0, 0.05) is 6.42 Å². The van der Waals surface area contributed by atoms with Gasteiger partial charge in [-0.15, -0.1) is 0 Å². The number of hydrogen-bond acceptors (Lipinski definition) is 7. The van der Waals surface area contributed by atoms with Gasteiger partial charge < -0.3 is 4.74 Å². The molecule has 0 aromatic heterocycles. The van der Waals surface area contributed by atoms with Crippen molar-refractivity contribution in [3.05, 3.63) is 60.2 Å². The Hall–Kier alpha value is -3.64. The highest BCUT2D eigenvalue weighted by Gasteiger charge is 2.40. The van der Waals surface area contributed by atoms with Crippen LogP contribution in [0.25, 0.3) is 0 Å². The maximum absolute atomic E-state index is 12.8. The van der Waals surface area contributed by atoms with E-state index in [4.69, 9.17) is 5.26 Å². The van der Waals surface area contributed by atoms with Crippen molar-refractivity contribution in [1.82, 2.24) is 5.32 Å². The van der Waals surface area contributed by atoms with Crippen molar-refractivity contribution in [3.63, 3.8) is 0 Å². The second kappa shape index (κ2) is 9.03. The summed E-state index contributed by atoms with van der Waals surface area (Å²) < 4.78 is 4.64. The number of esters is 1. The van der Waals surface area contributed by atoms with Crippen LogP contribution in [0, 0.1) is 11.5 Å². The van der Waals surface area contributed by atoms with Crippen molar-refractivity contribution in [2.45, 2.75) is 11.7 Å². The van der Waals surface area contributed by atoms with Gasteiger partial charge in [-0.2, -0.15) is 5.26 Å². The van der Waals surface area contributed by atoms with Gasteiger partial charge in [0.2, 0.25) is 11.8 Å². The molecule has 0 unspecified atom stereocenters. The quantitative estimate of drug-likeness (QED) is 0.207. The zero-order chi connectivity index (χ0) is 20.8. The molecule has 1 N–H and O–H groups in total. The SMILES string of the molecule is COC(=O)c1ccc(N2C(=O)C[C@@H](SC(=Nc3ccccc3)NC#N)C2=O)cc1. The molecule has 8 nitrogen and oxygen atoms in total. The lowest BCUT2D eigenvalue weighted by atomic mass is 10.2. The lowest BCUT2D eigenvalue weighted by Gasteiger charge is -2.15. The number of nitriles is 1. The molecule has 1 fully saturated rings. The first-order valence-corrected chi connectivity index (χ1v) is 9.42. The minimum Gasteiger partial charge on any atom is -0.465 e. The fraction of sp³-hybridized carbons (Fsp3) is 0.150. The third-order valence-electron chi connectivity index (χ3n) is 4.06. The maximum Gasteiger partial charge on any atom is 0.337 e. The van der Waals surface area contributed by atoms with Crippen molar-refractivity contribution < 1.29 is 19.1 Å². The number of hydrogen-bond donors (Lipinski definition) is 1. The number of carbonyl (C=O) groups excluding carboxylic acids is 3. The molecule has 0 bridgehead atoms. The Morgan fingerprint density at radius 3 is 2.52 bits per heavy atom. The minimum atomic E-state index is -0.717. The van der Waals surface area contributed by atoms with Gasteiger partial charge in [-0.25, -0.2) is 14.7 Å². The molecule has 1 aliphatic heterocycles. The molecule has 3 rings (SSSR count). The number of amidine groups is 1. The van der Waals surface area contributed by atoms with Crippen molar-refractivity contribution in [1.29, 1.82) is 5.26 Å². The highest BCUT2D eigenvalue weighted by molar-refractivity contribution is 8.15. The van der Waals surface area contributed by atoms with Gasteiger partial charge >= 0.3 is 5.97 Å². The van der Waals surface area contributed by atoms with E-state index in [1.165, 1.54) is 31.4 Å². The summed E-state index contributed by atoms with van der Waals surface area (Å²) in [7, 11) is 1.27. The molecule has 1 heterocycles. The second-order valence-corrected chi connectivity index (χ2v) is 7.10. The lowest BCUT2D eigenvalue weighted by molar-refractivity contribution is -0.121. The van der Waals surface area contributed by atoms with Gasteiger partial charge in [0.15, 0.2) is 11.4 Å². The van der Waals surface area contributed by atoms with Gasteiger partial charge in [0.25, 0.3) is 0 Å². The van der Waals surface area contributed by atoms with Crippen molar-refractivity contribution >= 4 is 46.1 Å². The van der Waals surface area contributed by atoms with Gasteiger partial charge in [-0.1, -0.05) is 30.0 Å². The van der Waals surface area contributed by atoms with Gasteiger partial charge in [0.1, 0.15) is 5.25 Å². The standard InChI is InChI=1S/C20H16N4O4S/c1-28-19(27)13-7-9-15(10-8-13)24-17(25)11-16(18(24)26)29-20(22-12-21)23-14-5-3-2-4-6-14/h2-10,16H,11H2,1H3,(H,22,23)/t16-/m1/s1. The number of thioether (sulfide) groups is 1. The van der Waals surface area contributed by atoms with Crippen LogP contribution >= 0.6 is 11.8 Å². The third kappa shape index (κ3) is 4.62. The molecule has 0 spiro atoms. The van der Waals surface area contributed by atoms with Crippen LogP contribution in [-0.4, -0.2) is 35.3 Å². The predicted octanol–water partition coefficient (Wildman–Crippen LogP) is 2.60. The zero-order valence-electron chi connectivity index (χ0n) is 15.4. The number of rotatable bonds is 4. The maximum atomic E-state index is 12.8. The van der Waals surface area contributed by atoms with Crippen LogP contribution in [0.5, 0.6) is 0 Å². The van der Waals surface area contributed by atoms with E-state index in [-0.39, 0.29) is 17.5 Å². The van der Waals surface area contributed by atoms with Gasteiger partial charge in [-0.3, -0.25) is 14.9 Å². The molecule has 2 aromatic rings. The molecule has 0 saturated carbocycles. The number of nitrogens with one attached hydrogen (secondary N) is 1. The first kappa shape index (κ1) is 20.1. The summed E-state index contributed by atoms with van der Waals surface area (Å²) in [6.45, 7) is 0. The molecule has 29 heavy (non-hydrogen) atoms. The summed E-state index contributed by atoms with van der Waals surface area (Å²) in [4.78, 5) is 42.2. The fourth-order valence-electron chi connectivity index (χ4n) is 2.72. The number of nitrogens with zero attached hydrogens (tertiary/aromatic N) is 3. The van der Waals surface area contributed by atoms with Crippen LogP contribution in [0.3, 0.4) is 0 Å². The zero-order valence-corrected chi connectivity index (χ0v) is 16.2. The topological polar surface area (TPSA) is 112 Å². The predicted molar refractivity (Wildman–Crippen MR) is 109 cm³/mol. The lowest BCUT2D eigenvalue weighted by Crippen LogP contribution is -2.32. The normalized spacial score (nSPS) is 16.5. The summed E-state index contributed by atoms with van der Waals surface area (Å²) in [5, 5.41) is 10.9. The van der Waals surface area contributed by atoms with Crippen LogP contribution in [-0.2, 0) is 14.3 Å². The van der Waals surface area contributed by atoms with Gasteiger partial charge in [-0.05, 0) is 36.4 Å². The highest BCUT2D eigenvalue weighted by Crippen LogP contribution is 2.31.